The van der Waals surface area contributed by atoms with Crippen LogP contribution in [-0.4, -0.2) is 35.6 Å². The molecule has 0 heterocycles. The quantitative estimate of drug-likeness (QED) is 0.497. The van der Waals surface area contributed by atoms with Gasteiger partial charge in [0, 0.05) is 13.0 Å². The number of primary amides is 1. The fourth-order valence-corrected chi connectivity index (χ4v) is 2.22. The number of nitrogens with two attached hydrogens (primary N) is 1. The summed E-state index contributed by atoms with van der Waals surface area (Å²) in [6.45, 7) is 0.472. The van der Waals surface area contributed by atoms with E-state index in [0.717, 1.165) is 19.3 Å². The van der Waals surface area contributed by atoms with Crippen molar-refractivity contribution in [1.29, 1.82) is 0 Å². The van der Waals surface area contributed by atoms with E-state index in [9.17, 15) is 14.4 Å². The topological polar surface area (TPSA) is 122 Å². The van der Waals surface area contributed by atoms with Crippen molar-refractivity contribution in [3.8, 4) is 0 Å². The van der Waals surface area contributed by atoms with Gasteiger partial charge in [0.25, 0.3) is 0 Å². The highest BCUT2D eigenvalue weighted by molar-refractivity contribution is 5.83. The van der Waals surface area contributed by atoms with Gasteiger partial charge in [-0.2, -0.15) is 0 Å². The molecule has 1 atom stereocenters. The number of carboxylic acids is 1. The molecular weight excluding hydrogens is 274 g/mol. The number of urea groups is 1. The van der Waals surface area contributed by atoms with E-state index >= 15 is 0 Å². The Morgan fingerprint density at radius 3 is 2.67 bits per heavy atom. The zero-order valence-corrected chi connectivity index (χ0v) is 12.1. The van der Waals surface area contributed by atoms with Gasteiger partial charge in [-0.1, -0.05) is 11.6 Å². The number of aliphatic carboxylic acids is 1. The Morgan fingerprint density at radius 2 is 2.10 bits per heavy atom. The van der Waals surface area contributed by atoms with Gasteiger partial charge >= 0.3 is 12.0 Å². The maximum atomic E-state index is 11.6. The number of carboxylic acid groups (broad SMARTS) is 1. The molecule has 0 aromatic rings. The molecule has 5 N–H and O–H groups in total. The maximum Gasteiger partial charge on any atom is 0.326 e. The third-order valence-electron chi connectivity index (χ3n) is 3.40. The molecular formula is C14H23N3O4. The number of allylic oxidation sites excluding steroid dienone is 1. The minimum absolute atomic E-state index is 0.0107. The molecule has 0 aromatic heterocycles. The fourth-order valence-electron chi connectivity index (χ4n) is 2.22. The number of nitrogens with one attached hydrogen (secondary N) is 2. The molecule has 1 rings (SSSR count). The van der Waals surface area contributed by atoms with Gasteiger partial charge in [-0.25, -0.2) is 9.59 Å². The molecule has 0 saturated carbocycles. The van der Waals surface area contributed by atoms with Crippen LogP contribution in [0, 0.1) is 0 Å². The van der Waals surface area contributed by atoms with Crippen LogP contribution >= 0.6 is 0 Å². The van der Waals surface area contributed by atoms with Crippen LogP contribution in [0.5, 0.6) is 0 Å². The molecule has 1 aliphatic rings. The van der Waals surface area contributed by atoms with Crippen molar-refractivity contribution in [2.75, 3.05) is 6.54 Å². The lowest BCUT2D eigenvalue weighted by atomic mass is 9.97. The van der Waals surface area contributed by atoms with Crippen molar-refractivity contribution < 1.29 is 19.5 Å². The summed E-state index contributed by atoms with van der Waals surface area (Å²) in [6.07, 6.45) is 7.47. The Balaban J connectivity index is 2.27. The largest absolute Gasteiger partial charge is 0.480 e. The van der Waals surface area contributed by atoms with Crippen molar-refractivity contribution in [3.63, 3.8) is 0 Å². The van der Waals surface area contributed by atoms with Gasteiger partial charge in [0.05, 0.1) is 0 Å². The van der Waals surface area contributed by atoms with E-state index in [2.05, 4.69) is 16.7 Å². The van der Waals surface area contributed by atoms with Crippen molar-refractivity contribution >= 4 is 17.9 Å². The molecule has 1 aliphatic carbocycles. The lowest BCUT2D eigenvalue weighted by molar-refractivity contribution is -0.139. The molecule has 1 unspecified atom stereocenters. The molecule has 0 aromatic carbocycles. The standard InChI is InChI=1S/C14H23N3O4/c15-12(18)7-6-11(13(19)20)17-14(21)16-9-8-10-4-2-1-3-5-10/h4,11H,1-3,5-9H2,(H2,15,18)(H,19,20)(H2,16,17,21). The van der Waals surface area contributed by atoms with E-state index in [1.807, 2.05) is 0 Å². The van der Waals surface area contributed by atoms with Crippen molar-refractivity contribution in [1.82, 2.24) is 10.6 Å². The zero-order valence-electron chi connectivity index (χ0n) is 12.1. The van der Waals surface area contributed by atoms with E-state index in [-0.39, 0.29) is 12.8 Å². The average molecular weight is 297 g/mol. The van der Waals surface area contributed by atoms with Crippen LogP contribution in [0.25, 0.3) is 0 Å². The van der Waals surface area contributed by atoms with Gasteiger partial charge in [-0.3, -0.25) is 4.79 Å². The molecule has 118 valence electrons. The highest BCUT2D eigenvalue weighted by Gasteiger charge is 2.20. The molecule has 0 saturated heterocycles. The van der Waals surface area contributed by atoms with Gasteiger partial charge in [-0.15, -0.1) is 0 Å². The second-order valence-corrected chi connectivity index (χ2v) is 5.15. The predicted molar refractivity (Wildman–Crippen MR) is 77.6 cm³/mol. The van der Waals surface area contributed by atoms with Crippen LogP contribution < -0.4 is 16.4 Å². The summed E-state index contributed by atoms with van der Waals surface area (Å²) in [5.74, 6) is -1.77. The lowest BCUT2D eigenvalue weighted by Crippen LogP contribution is -2.46. The van der Waals surface area contributed by atoms with Gasteiger partial charge in [0.2, 0.25) is 5.91 Å². The van der Waals surface area contributed by atoms with Crippen LogP contribution in [-0.2, 0) is 9.59 Å². The first kappa shape index (κ1) is 17.0. The number of hydrogen-bond acceptors (Lipinski definition) is 3. The summed E-state index contributed by atoms with van der Waals surface area (Å²) in [5, 5.41) is 13.9. The first-order valence-electron chi connectivity index (χ1n) is 7.22. The molecule has 0 bridgehead atoms. The summed E-state index contributed by atoms with van der Waals surface area (Å²) < 4.78 is 0. The van der Waals surface area contributed by atoms with Crippen LogP contribution in [0.2, 0.25) is 0 Å². The average Bonchev–Trinajstić information content (AvgIpc) is 2.44. The fraction of sp³-hybridized carbons (Fsp3) is 0.643. The van der Waals surface area contributed by atoms with Crippen LogP contribution in [0.4, 0.5) is 4.79 Å². The number of amides is 3. The van der Waals surface area contributed by atoms with E-state index in [4.69, 9.17) is 10.8 Å². The molecule has 0 aliphatic heterocycles. The highest BCUT2D eigenvalue weighted by Crippen LogP contribution is 2.19. The Labute approximate surface area is 124 Å². The Hall–Kier alpha value is -2.05. The lowest BCUT2D eigenvalue weighted by Gasteiger charge is -2.16. The smallest absolute Gasteiger partial charge is 0.326 e. The molecule has 0 spiro atoms. The van der Waals surface area contributed by atoms with E-state index in [1.54, 1.807) is 0 Å². The molecule has 7 heteroatoms. The van der Waals surface area contributed by atoms with E-state index in [0.29, 0.717) is 6.54 Å². The van der Waals surface area contributed by atoms with Crippen LogP contribution in [0.1, 0.15) is 44.9 Å². The SMILES string of the molecule is NC(=O)CCC(NC(=O)NCCC1=CCCCC1)C(=O)O. The number of hydrogen-bond donors (Lipinski definition) is 4. The number of carbonyl (C=O) groups excluding carboxylic acids is 2. The second kappa shape index (κ2) is 8.99. The second-order valence-electron chi connectivity index (χ2n) is 5.15. The third-order valence-corrected chi connectivity index (χ3v) is 3.40. The number of carbonyl (C=O) groups is 3. The van der Waals surface area contributed by atoms with Gasteiger partial charge in [0.15, 0.2) is 0 Å². The van der Waals surface area contributed by atoms with Gasteiger partial charge in [-0.05, 0) is 38.5 Å². The first-order valence-corrected chi connectivity index (χ1v) is 7.22. The molecule has 0 radical (unpaired) electrons. The maximum absolute atomic E-state index is 11.6. The Morgan fingerprint density at radius 1 is 1.33 bits per heavy atom. The summed E-state index contributed by atoms with van der Waals surface area (Å²) in [5.41, 5.74) is 6.31. The van der Waals surface area contributed by atoms with Crippen molar-refractivity contribution in [3.05, 3.63) is 11.6 Å². The summed E-state index contributed by atoms with van der Waals surface area (Å²) in [7, 11) is 0. The molecule has 3 amide bonds. The van der Waals surface area contributed by atoms with Gasteiger partial charge < -0.3 is 21.5 Å². The first-order chi connectivity index (χ1) is 9.99. The van der Waals surface area contributed by atoms with Crippen LogP contribution in [0.15, 0.2) is 11.6 Å². The molecule has 7 nitrogen and oxygen atoms in total. The van der Waals surface area contributed by atoms with E-state index in [1.165, 1.54) is 18.4 Å². The van der Waals surface area contributed by atoms with Crippen LogP contribution in [0.3, 0.4) is 0 Å². The van der Waals surface area contributed by atoms with E-state index < -0.39 is 23.9 Å². The predicted octanol–water partition coefficient (Wildman–Crippen LogP) is 0.895. The third kappa shape index (κ3) is 7.34. The Bertz CT molecular complexity index is 420. The minimum Gasteiger partial charge on any atom is -0.480 e. The van der Waals surface area contributed by atoms with Gasteiger partial charge in [0.1, 0.15) is 6.04 Å². The summed E-state index contributed by atoms with van der Waals surface area (Å²) in [4.78, 5) is 33.2. The monoisotopic (exact) mass is 297 g/mol. The number of rotatable bonds is 8. The van der Waals surface area contributed by atoms with Crippen molar-refractivity contribution in [2.24, 2.45) is 5.73 Å². The Kier molecular flexibility index (Phi) is 7.28. The van der Waals surface area contributed by atoms with Crippen molar-refractivity contribution in [2.45, 2.75) is 51.0 Å². The molecule has 21 heavy (non-hydrogen) atoms. The normalized spacial score (nSPS) is 15.7. The zero-order chi connectivity index (χ0) is 15.7. The molecule has 0 fully saturated rings. The summed E-state index contributed by atoms with van der Waals surface area (Å²) in [6, 6.07) is -1.64. The highest BCUT2D eigenvalue weighted by atomic mass is 16.4. The summed E-state index contributed by atoms with van der Waals surface area (Å²) >= 11 is 0. The minimum atomic E-state index is -1.18.